The second kappa shape index (κ2) is 11.9. The fraction of sp³-hybridized carbons (Fsp3) is 0.455. The third-order valence-electron chi connectivity index (χ3n) is 8.87. The number of amides is 1. The minimum absolute atomic E-state index is 0.00948. The number of hydrogen-bond donors (Lipinski definition) is 1. The minimum atomic E-state index is -0.759. The van der Waals surface area contributed by atoms with E-state index in [0.29, 0.717) is 50.3 Å². The maximum Gasteiger partial charge on any atom is 0.410 e. The molecule has 7 rings (SSSR count). The average Bonchev–Trinajstić information content (AvgIpc) is 3.50. The van der Waals surface area contributed by atoms with Gasteiger partial charge in [0, 0.05) is 42.3 Å². The lowest BCUT2D eigenvalue weighted by Gasteiger charge is -2.42. The van der Waals surface area contributed by atoms with E-state index >= 15 is 4.39 Å². The van der Waals surface area contributed by atoms with Gasteiger partial charge in [0.25, 0.3) is 0 Å². The van der Waals surface area contributed by atoms with Crippen molar-refractivity contribution in [2.24, 2.45) is 0 Å². The standard InChI is InChI=1S/C33H33ClF2N6O4S/c1-33(2,3)46-32(43)42-16-4-5-17(42)15-41(14-16)30-20-12-22(34)25(19-6-7-23(35)28-24(19)21(13-37)29(38)47-28)26(36)27(20)39-31(40-30)45-18-8-10-44-11-9-18/h6-7,12,16-18H,4-5,8-11,14-15,38H2,1-3H3/t16-,17?/m0/s1. The van der Waals surface area contributed by atoms with Gasteiger partial charge in [0.1, 0.15) is 39.9 Å². The smallest absolute Gasteiger partial charge is 0.410 e. The number of carbonyl (C=O) groups excluding carboxylic acids is 1. The number of thiophene rings is 1. The number of benzene rings is 2. The average molecular weight is 683 g/mol. The van der Waals surface area contributed by atoms with E-state index in [0.717, 1.165) is 24.2 Å². The van der Waals surface area contributed by atoms with Crippen LogP contribution in [-0.2, 0) is 9.47 Å². The van der Waals surface area contributed by atoms with Crippen LogP contribution in [-0.4, -0.2) is 71.1 Å². The van der Waals surface area contributed by atoms with Crippen LogP contribution >= 0.6 is 22.9 Å². The number of ether oxygens (including phenoxy) is 3. The summed E-state index contributed by atoms with van der Waals surface area (Å²) < 4.78 is 49.3. The molecule has 2 N–H and O–H groups in total. The predicted octanol–water partition coefficient (Wildman–Crippen LogP) is 7.04. The van der Waals surface area contributed by atoms with E-state index in [2.05, 4.69) is 4.98 Å². The Morgan fingerprint density at radius 3 is 2.51 bits per heavy atom. The third-order valence-corrected chi connectivity index (χ3v) is 10.2. The van der Waals surface area contributed by atoms with Crippen LogP contribution in [0.1, 0.15) is 52.0 Å². The number of carbonyl (C=O) groups is 1. The summed E-state index contributed by atoms with van der Waals surface area (Å²) >= 11 is 7.78. The summed E-state index contributed by atoms with van der Waals surface area (Å²) in [6, 6.07) is 5.98. The molecule has 2 aromatic carbocycles. The van der Waals surface area contributed by atoms with Gasteiger partial charge in [0.05, 0.1) is 40.6 Å². The van der Waals surface area contributed by atoms with E-state index in [4.69, 9.17) is 36.5 Å². The first-order valence-electron chi connectivity index (χ1n) is 15.5. The second-order valence-corrected chi connectivity index (χ2v) is 14.6. The van der Waals surface area contributed by atoms with Gasteiger partial charge in [-0.15, -0.1) is 11.3 Å². The van der Waals surface area contributed by atoms with Gasteiger partial charge in [-0.1, -0.05) is 17.7 Å². The van der Waals surface area contributed by atoms with E-state index in [1.165, 1.54) is 12.1 Å². The Bertz CT molecular complexity index is 1940. The molecular formula is C33H33ClF2N6O4S. The summed E-state index contributed by atoms with van der Waals surface area (Å²) in [4.78, 5) is 26.3. The Morgan fingerprint density at radius 1 is 1.15 bits per heavy atom. The molecule has 14 heteroatoms. The first-order chi connectivity index (χ1) is 22.4. The van der Waals surface area contributed by atoms with E-state index in [1.54, 1.807) is 6.07 Å². The number of nitrogen functional groups attached to an aromatic ring is 1. The molecule has 0 aliphatic carbocycles. The van der Waals surface area contributed by atoms with Gasteiger partial charge in [-0.25, -0.2) is 13.6 Å². The highest BCUT2D eigenvalue weighted by Crippen LogP contribution is 2.46. The maximum atomic E-state index is 16.9. The normalized spacial score (nSPS) is 20.2. The molecule has 3 aliphatic heterocycles. The number of piperazine rings is 1. The van der Waals surface area contributed by atoms with Crippen LogP contribution in [0.15, 0.2) is 18.2 Å². The molecule has 4 aromatic rings. The summed E-state index contributed by atoms with van der Waals surface area (Å²) in [5.74, 6) is -0.895. The van der Waals surface area contributed by atoms with E-state index < -0.39 is 17.2 Å². The number of fused-ring (bicyclic) bond motifs is 4. The van der Waals surface area contributed by atoms with Crippen LogP contribution in [0.3, 0.4) is 0 Å². The van der Waals surface area contributed by atoms with Crippen molar-refractivity contribution in [2.45, 2.75) is 70.2 Å². The van der Waals surface area contributed by atoms with E-state index in [9.17, 15) is 14.4 Å². The van der Waals surface area contributed by atoms with Gasteiger partial charge in [-0.3, -0.25) is 4.90 Å². The Morgan fingerprint density at radius 2 is 1.85 bits per heavy atom. The number of anilines is 2. The highest BCUT2D eigenvalue weighted by atomic mass is 35.5. The van der Waals surface area contributed by atoms with Crippen molar-refractivity contribution in [1.82, 2.24) is 14.9 Å². The molecule has 246 valence electrons. The number of hydrogen-bond acceptors (Lipinski definition) is 10. The Labute approximate surface area is 279 Å². The molecule has 0 spiro atoms. The van der Waals surface area contributed by atoms with Crippen molar-refractivity contribution in [2.75, 3.05) is 36.9 Å². The fourth-order valence-corrected chi connectivity index (χ4v) is 8.08. The number of nitrogens with zero attached hydrogens (tertiary/aromatic N) is 5. The second-order valence-electron chi connectivity index (χ2n) is 13.1. The number of rotatable bonds is 4. The van der Waals surface area contributed by atoms with Crippen LogP contribution in [0.2, 0.25) is 5.02 Å². The van der Waals surface area contributed by atoms with Crippen LogP contribution in [0.4, 0.5) is 24.4 Å². The maximum absolute atomic E-state index is 16.9. The summed E-state index contributed by atoms with van der Waals surface area (Å²) in [6.45, 7) is 7.47. The van der Waals surface area contributed by atoms with Crippen molar-refractivity contribution in [3.8, 4) is 23.2 Å². The highest BCUT2D eigenvalue weighted by molar-refractivity contribution is 7.23. The fourth-order valence-electron chi connectivity index (χ4n) is 6.84. The lowest BCUT2D eigenvalue weighted by Crippen LogP contribution is -2.57. The van der Waals surface area contributed by atoms with Gasteiger partial charge in [-0.05, 0) is 51.3 Å². The Hall–Kier alpha value is -3.99. The molecule has 3 aliphatic rings. The highest BCUT2D eigenvalue weighted by Gasteiger charge is 2.45. The number of halogens is 3. The first kappa shape index (κ1) is 31.6. The molecule has 1 unspecified atom stereocenters. The molecular weight excluding hydrogens is 650 g/mol. The SMILES string of the molecule is CC(C)(C)OC(=O)N1C2CC[C@H]1CN(c1nc(OC3CCOCC3)nc3c(F)c(-c4ccc(F)c5sc(N)c(C#N)c45)c(Cl)cc13)C2. The van der Waals surface area contributed by atoms with Crippen LogP contribution < -0.4 is 15.4 Å². The van der Waals surface area contributed by atoms with Crippen molar-refractivity contribution in [3.63, 3.8) is 0 Å². The summed E-state index contributed by atoms with van der Waals surface area (Å²) in [7, 11) is 0. The van der Waals surface area contributed by atoms with Crippen LogP contribution in [0.25, 0.3) is 32.1 Å². The zero-order chi connectivity index (χ0) is 33.2. The van der Waals surface area contributed by atoms with Gasteiger partial charge in [-0.2, -0.15) is 15.2 Å². The quantitative estimate of drug-likeness (QED) is 0.241. The number of nitrogens with two attached hydrogens (primary N) is 1. The van der Waals surface area contributed by atoms with Crippen molar-refractivity contribution >= 4 is 60.8 Å². The predicted molar refractivity (Wildman–Crippen MR) is 176 cm³/mol. The molecule has 3 fully saturated rings. The Kier molecular flexibility index (Phi) is 8.01. The topological polar surface area (TPSA) is 127 Å². The molecule has 1 amide bonds. The lowest BCUT2D eigenvalue weighted by atomic mass is 9.97. The zero-order valence-electron chi connectivity index (χ0n) is 26.1. The minimum Gasteiger partial charge on any atom is -0.460 e. The van der Waals surface area contributed by atoms with E-state index in [-0.39, 0.29) is 72.6 Å². The zero-order valence-corrected chi connectivity index (χ0v) is 27.7. The molecule has 3 saturated heterocycles. The molecule has 10 nitrogen and oxygen atoms in total. The number of nitriles is 1. The van der Waals surface area contributed by atoms with Crippen molar-refractivity contribution in [1.29, 1.82) is 5.26 Å². The van der Waals surface area contributed by atoms with Gasteiger partial charge >= 0.3 is 12.1 Å². The molecule has 0 saturated carbocycles. The van der Waals surface area contributed by atoms with Gasteiger partial charge in [0.2, 0.25) is 0 Å². The molecule has 2 aromatic heterocycles. The van der Waals surface area contributed by atoms with Gasteiger partial charge in [0.15, 0.2) is 5.82 Å². The summed E-state index contributed by atoms with van der Waals surface area (Å²) in [5.41, 5.74) is 5.66. The summed E-state index contributed by atoms with van der Waals surface area (Å²) in [5, 5.41) is 10.6. The van der Waals surface area contributed by atoms with Crippen molar-refractivity contribution in [3.05, 3.63) is 40.4 Å². The van der Waals surface area contributed by atoms with Crippen LogP contribution in [0.5, 0.6) is 6.01 Å². The largest absolute Gasteiger partial charge is 0.460 e. The number of aromatic nitrogens is 2. The molecule has 5 heterocycles. The molecule has 2 bridgehead atoms. The van der Waals surface area contributed by atoms with Crippen LogP contribution in [0, 0.1) is 23.0 Å². The molecule has 0 radical (unpaired) electrons. The molecule has 47 heavy (non-hydrogen) atoms. The third kappa shape index (κ3) is 5.66. The summed E-state index contributed by atoms with van der Waals surface area (Å²) in [6.07, 6.45) is 2.28. The first-order valence-corrected chi connectivity index (χ1v) is 16.7. The lowest BCUT2D eigenvalue weighted by molar-refractivity contribution is 0.0121. The van der Waals surface area contributed by atoms with Crippen molar-refractivity contribution < 1.29 is 27.8 Å². The van der Waals surface area contributed by atoms with E-state index in [1.807, 2.05) is 36.6 Å². The Balaban J connectivity index is 1.36. The monoisotopic (exact) mass is 682 g/mol. The van der Waals surface area contributed by atoms with Gasteiger partial charge < -0.3 is 24.8 Å². The molecule has 2 atom stereocenters.